The molecule has 0 spiro atoms. The zero-order chi connectivity index (χ0) is 7.56. The Morgan fingerprint density at radius 2 is 1.80 bits per heavy atom. The lowest BCUT2D eigenvalue weighted by Gasteiger charge is -2.04. The van der Waals surface area contributed by atoms with Gasteiger partial charge in [0.1, 0.15) is 6.49 Å². The Bertz CT molecular complexity index is 224. The van der Waals surface area contributed by atoms with E-state index in [4.69, 9.17) is 5.73 Å². The van der Waals surface area contributed by atoms with Gasteiger partial charge in [-0.3, -0.25) is 0 Å². The summed E-state index contributed by atoms with van der Waals surface area (Å²) in [5, 5.41) is 0. The van der Waals surface area contributed by atoms with Crippen LogP contribution in [0.4, 0.5) is 5.69 Å². The number of benzene rings is 1. The molecular formula is C6H10B3N. The minimum atomic E-state index is 0.529. The summed E-state index contributed by atoms with van der Waals surface area (Å²) in [6, 6.07) is 7.99. The topological polar surface area (TPSA) is 26.0 Å². The van der Waals surface area contributed by atoms with Crippen molar-refractivity contribution in [3.05, 3.63) is 24.3 Å². The Labute approximate surface area is 63.9 Å². The first kappa shape index (κ1) is 7.32. The Balaban J connectivity index is 3.03. The lowest BCUT2D eigenvalue weighted by atomic mass is 9.17. The molecule has 4 heteroatoms. The van der Waals surface area contributed by atoms with Gasteiger partial charge in [0.25, 0.3) is 0 Å². The molecule has 1 nitrogen and oxygen atoms in total. The van der Waals surface area contributed by atoms with E-state index in [1.807, 2.05) is 18.2 Å². The summed E-state index contributed by atoms with van der Waals surface area (Å²) in [6.45, 7) is 0.529. The van der Waals surface area contributed by atoms with Crippen LogP contribution in [0.25, 0.3) is 0 Å². The van der Waals surface area contributed by atoms with Crippen molar-refractivity contribution in [1.29, 1.82) is 0 Å². The maximum Gasteiger partial charge on any atom is 0.103 e. The van der Waals surface area contributed by atoms with E-state index in [2.05, 4.69) is 21.5 Å². The summed E-state index contributed by atoms with van der Waals surface area (Å²) in [6.07, 6.45) is 0. The normalized spacial score (nSPS) is 9.20. The summed E-state index contributed by atoms with van der Waals surface area (Å²) in [7, 11) is 4.29. The van der Waals surface area contributed by atoms with Gasteiger partial charge in [0, 0.05) is 5.69 Å². The van der Waals surface area contributed by atoms with Gasteiger partial charge in [-0.15, -0.1) is 0 Å². The molecule has 0 atom stereocenters. The number of nitrogen functional groups attached to an aromatic ring is 1. The summed E-state index contributed by atoms with van der Waals surface area (Å²) in [4.78, 5) is 0. The average Bonchev–Trinajstić information content (AvgIpc) is 1.88. The van der Waals surface area contributed by atoms with Crippen LogP contribution in [0, 0.1) is 0 Å². The fraction of sp³-hybridized carbons (Fsp3) is 0. The smallest absolute Gasteiger partial charge is 0.103 e. The monoisotopic (exact) mass is 129 g/mol. The molecule has 48 valence electrons. The summed E-state index contributed by atoms with van der Waals surface area (Å²) < 4.78 is 0. The van der Waals surface area contributed by atoms with Crippen LogP contribution in [0.2, 0.25) is 0 Å². The quantitative estimate of drug-likeness (QED) is 0.352. The maximum atomic E-state index is 5.72. The highest BCUT2D eigenvalue weighted by Crippen LogP contribution is 1.95. The highest BCUT2D eigenvalue weighted by atomic mass is 14.5. The van der Waals surface area contributed by atoms with Crippen molar-refractivity contribution >= 4 is 33.1 Å². The third-order valence-corrected chi connectivity index (χ3v) is 1.62. The van der Waals surface area contributed by atoms with E-state index in [0.717, 1.165) is 5.69 Å². The zero-order valence-corrected chi connectivity index (χ0v) is 6.46. The Morgan fingerprint density at radius 1 is 1.20 bits per heavy atom. The van der Waals surface area contributed by atoms with Gasteiger partial charge in [0.05, 0.1) is 15.5 Å². The van der Waals surface area contributed by atoms with E-state index in [1.165, 1.54) is 5.46 Å². The van der Waals surface area contributed by atoms with Crippen molar-refractivity contribution in [2.24, 2.45) is 0 Å². The number of anilines is 1. The minimum Gasteiger partial charge on any atom is -0.399 e. The molecular weight excluding hydrogens is 119 g/mol. The molecule has 0 radical (unpaired) electrons. The van der Waals surface area contributed by atoms with Crippen LogP contribution in [0.3, 0.4) is 0 Å². The first-order chi connectivity index (χ1) is 4.72. The molecule has 0 saturated heterocycles. The van der Waals surface area contributed by atoms with E-state index in [0.29, 0.717) is 6.49 Å². The second-order valence-electron chi connectivity index (χ2n) is 2.78. The van der Waals surface area contributed by atoms with Crippen molar-refractivity contribution < 1.29 is 0 Å². The van der Waals surface area contributed by atoms with Crippen LogP contribution in [0.5, 0.6) is 0 Å². The number of hydrogen-bond acceptors (Lipinski definition) is 1. The van der Waals surface area contributed by atoms with Gasteiger partial charge in [-0.25, -0.2) is 0 Å². The third kappa shape index (κ3) is 1.38. The van der Waals surface area contributed by atoms with Gasteiger partial charge >= 0.3 is 0 Å². The third-order valence-electron chi connectivity index (χ3n) is 1.62. The second-order valence-corrected chi connectivity index (χ2v) is 2.78. The van der Waals surface area contributed by atoms with Crippen LogP contribution in [-0.2, 0) is 0 Å². The van der Waals surface area contributed by atoms with Crippen molar-refractivity contribution in [2.45, 2.75) is 0 Å². The fourth-order valence-electron chi connectivity index (χ4n) is 1.04. The highest BCUT2D eigenvalue weighted by Gasteiger charge is 2.03. The lowest BCUT2D eigenvalue weighted by Crippen LogP contribution is -2.33. The standard InChI is InChI=1S/C6H10B3N/c7-9(8)5-3-1-2-4-6(5)10/h1-4H,7-8,10H2. The minimum absolute atomic E-state index is 0.529. The molecule has 0 bridgehead atoms. The predicted octanol–water partition coefficient (Wildman–Crippen LogP) is -1.77. The molecule has 0 aliphatic carbocycles. The van der Waals surface area contributed by atoms with Crippen LogP contribution in [0.15, 0.2) is 24.3 Å². The van der Waals surface area contributed by atoms with E-state index < -0.39 is 0 Å². The van der Waals surface area contributed by atoms with Crippen LogP contribution >= 0.6 is 0 Å². The Hall–Kier alpha value is -0.785. The van der Waals surface area contributed by atoms with Gasteiger partial charge in [-0.1, -0.05) is 23.7 Å². The molecule has 1 aromatic carbocycles. The van der Waals surface area contributed by atoms with Crippen molar-refractivity contribution in [3.8, 4) is 0 Å². The SMILES string of the molecule is BB(B)c1ccccc1N. The van der Waals surface area contributed by atoms with Crippen LogP contribution in [0.1, 0.15) is 0 Å². The first-order valence-electron chi connectivity index (χ1n) is 3.56. The second kappa shape index (κ2) is 2.87. The summed E-state index contributed by atoms with van der Waals surface area (Å²) in [5.74, 6) is 0. The van der Waals surface area contributed by atoms with Crippen molar-refractivity contribution in [2.75, 3.05) is 5.73 Å². The van der Waals surface area contributed by atoms with E-state index in [1.54, 1.807) is 0 Å². The zero-order valence-electron chi connectivity index (χ0n) is 6.46. The van der Waals surface area contributed by atoms with E-state index >= 15 is 0 Å². The number of nitrogens with two attached hydrogens (primary N) is 1. The summed E-state index contributed by atoms with van der Waals surface area (Å²) >= 11 is 0. The Kier molecular flexibility index (Phi) is 2.10. The molecule has 0 amide bonds. The lowest BCUT2D eigenvalue weighted by molar-refractivity contribution is 1.74. The molecule has 0 aliphatic heterocycles. The molecule has 0 unspecified atom stereocenters. The van der Waals surface area contributed by atoms with Crippen molar-refractivity contribution in [3.63, 3.8) is 0 Å². The van der Waals surface area contributed by atoms with Crippen LogP contribution < -0.4 is 11.2 Å². The summed E-state index contributed by atoms with van der Waals surface area (Å²) in [5.41, 5.74) is 7.86. The molecule has 1 aromatic rings. The van der Waals surface area contributed by atoms with Gasteiger partial charge in [0.15, 0.2) is 0 Å². The fourth-order valence-corrected chi connectivity index (χ4v) is 1.04. The number of rotatable bonds is 1. The number of hydrogen-bond donors (Lipinski definition) is 1. The van der Waals surface area contributed by atoms with Gasteiger partial charge < -0.3 is 5.73 Å². The molecule has 10 heavy (non-hydrogen) atoms. The predicted molar refractivity (Wildman–Crippen MR) is 53.3 cm³/mol. The highest BCUT2D eigenvalue weighted by molar-refractivity contribution is 7.35. The van der Waals surface area contributed by atoms with Crippen molar-refractivity contribution in [1.82, 2.24) is 0 Å². The average molecular weight is 129 g/mol. The molecule has 0 aromatic heterocycles. The maximum absolute atomic E-state index is 5.72. The van der Waals surface area contributed by atoms with Gasteiger partial charge in [0.2, 0.25) is 0 Å². The molecule has 0 saturated carbocycles. The van der Waals surface area contributed by atoms with Gasteiger partial charge in [-0.05, 0) is 6.07 Å². The van der Waals surface area contributed by atoms with Gasteiger partial charge in [-0.2, -0.15) is 0 Å². The van der Waals surface area contributed by atoms with Crippen LogP contribution in [-0.4, -0.2) is 22.0 Å². The first-order valence-corrected chi connectivity index (χ1v) is 3.56. The molecule has 2 N–H and O–H groups in total. The number of para-hydroxylation sites is 1. The van der Waals surface area contributed by atoms with E-state index in [-0.39, 0.29) is 0 Å². The molecule has 0 aliphatic rings. The molecule has 0 heterocycles. The molecule has 0 fully saturated rings. The molecule has 1 rings (SSSR count). The largest absolute Gasteiger partial charge is 0.399 e. The Morgan fingerprint density at radius 3 is 2.20 bits per heavy atom. The van der Waals surface area contributed by atoms with E-state index in [9.17, 15) is 0 Å².